The zero-order chi connectivity index (χ0) is 25.1. The van der Waals surface area contributed by atoms with Crippen LogP contribution < -0.4 is 5.32 Å². The van der Waals surface area contributed by atoms with Gasteiger partial charge < -0.3 is 18.9 Å². The Balaban J connectivity index is 1.64. The van der Waals surface area contributed by atoms with Gasteiger partial charge in [-0.3, -0.25) is 9.88 Å². The number of likely N-dealkylation sites (N-methyl/N-ethyl adjacent to an activating group) is 1. The SMILES string of the molecule is CN(C[C@H]1O[C@@H](n2cnc3c(NC(=O)OC(C)(C)C)ncnc32)[C@@H]2OC(C)(C)O[C@@H]21)S(C)(=O)=O. The molecule has 0 aromatic carbocycles. The molecular weight excluding hydrogens is 468 g/mol. The third kappa shape index (κ3) is 5.00. The Morgan fingerprint density at radius 2 is 1.91 bits per heavy atom. The summed E-state index contributed by atoms with van der Waals surface area (Å²) in [6, 6.07) is 0. The molecule has 34 heavy (non-hydrogen) atoms. The van der Waals surface area contributed by atoms with Crippen LogP contribution in [0.15, 0.2) is 12.7 Å². The molecule has 188 valence electrons. The van der Waals surface area contributed by atoms with E-state index >= 15 is 0 Å². The molecular formula is C20H30N6O7S. The van der Waals surface area contributed by atoms with Crippen molar-refractivity contribution in [1.29, 1.82) is 0 Å². The first kappa shape index (κ1) is 24.7. The molecule has 0 spiro atoms. The molecule has 0 radical (unpaired) electrons. The topological polar surface area (TPSA) is 147 Å². The summed E-state index contributed by atoms with van der Waals surface area (Å²) in [5, 5.41) is 2.60. The van der Waals surface area contributed by atoms with Crippen LogP contribution in [-0.2, 0) is 29.0 Å². The van der Waals surface area contributed by atoms with Gasteiger partial charge in [0.15, 0.2) is 29.0 Å². The number of nitrogens with one attached hydrogen (secondary N) is 1. The standard InChI is InChI=1S/C20H30N6O7S/c1-19(2,3)33-18(27)24-15-12-16(22-9-21-15)26(10-23-12)17-14-13(31-20(4,5)32-14)11(30-17)8-25(6)34(7,28)29/h9-11,13-14,17H,8H2,1-7H3,(H,21,22,24,27)/t11-,13-,14-,17-/m1/s1. The van der Waals surface area contributed by atoms with E-state index in [1.807, 2.05) is 0 Å². The van der Waals surface area contributed by atoms with Gasteiger partial charge in [-0.15, -0.1) is 0 Å². The summed E-state index contributed by atoms with van der Waals surface area (Å²) in [4.78, 5) is 25.1. The van der Waals surface area contributed by atoms with Gasteiger partial charge in [-0.25, -0.2) is 32.5 Å². The molecule has 0 bridgehead atoms. The van der Waals surface area contributed by atoms with Crippen molar-refractivity contribution in [1.82, 2.24) is 23.8 Å². The molecule has 0 saturated carbocycles. The van der Waals surface area contributed by atoms with Gasteiger partial charge >= 0.3 is 6.09 Å². The molecule has 4 atom stereocenters. The second-order valence-electron chi connectivity index (χ2n) is 9.85. The molecule has 4 rings (SSSR count). The molecule has 2 aliphatic heterocycles. The first-order chi connectivity index (χ1) is 15.6. The maximum absolute atomic E-state index is 12.2. The van der Waals surface area contributed by atoms with Crippen molar-refractivity contribution >= 4 is 33.1 Å². The minimum absolute atomic E-state index is 0.0863. The summed E-state index contributed by atoms with van der Waals surface area (Å²) in [6.07, 6.45) is 0.937. The Kier molecular flexibility index (Phi) is 6.09. The van der Waals surface area contributed by atoms with Crippen LogP contribution in [0.2, 0.25) is 0 Å². The lowest BCUT2D eigenvalue weighted by molar-refractivity contribution is -0.196. The largest absolute Gasteiger partial charge is 0.444 e. The van der Waals surface area contributed by atoms with Crippen LogP contribution in [0, 0.1) is 0 Å². The molecule has 0 aliphatic carbocycles. The number of hydrogen-bond acceptors (Lipinski definition) is 10. The van der Waals surface area contributed by atoms with Crippen LogP contribution in [0.25, 0.3) is 11.2 Å². The number of nitrogens with zero attached hydrogens (tertiary/aromatic N) is 5. The highest BCUT2D eigenvalue weighted by atomic mass is 32.2. The highest BCUT2D eigenvalue weighted by molar-refractivity contribution is 7.88. The maximum atomic E-state index is 12.2. The normalized spacial score (nSPS) is 26.7. The number of fused-ring (bicyclic) bond motifs is 2. The van der Waals surface area contributed by atoms with Crippen molar-refractivity contribution in [3.63, 3.8) is 0 Å². The Morgan fingerprint density at radius 1 is 1.24 bits per heavy atom. The summed E-state index contributed by atoms with van der Waals surface area (Å²) in [5.41, 5.74) is 0.0573. The molecule has 1 N–H and O–H groups in total. The number of rotatable bonds is 5. The second kappa shape index (κ2) is 8.37. The molecule has 2 aliphatic rings. The van der Waals surface area contributed by atoms with Gasteiger partial charge in [0, 0.05) is 13.6 Å². The van der Waals surface area contributed by atoms with E-state index < -0.39 is 52.0 Å². The lowest BCUT2D eigenvalue weighted by atomic mass is 10.1. The highest BCUT2D eigenvalue weighted by Gasteiger charge is 2.56. The van der Waals surface area contributed by atoms with Crippen LogP contribution in [-0.4, -0.2) is 87.9 Å². The molecule has 2 aromatic rings. The van der Waals surface area contributed by atoms with Crippen LogP contribution in [0.4, 0.5) is 10.6 Å². The molecule has 2 fully saturated rings. The van der Waals surface area contributed by atoms with Crippen molar-refractivity contribution in [2.75, 3.05) is 25.2 Å². The molecule has 1 amide bonds. The first-order valence-corrected chi connectivity index (χ1v) is 12.6. The van der Waals surface area contributed by atoms with E-state index in [9.17, 15) is 13.2 Å². The van der Waals surface area contributed by atoms with Crippen molar-refractivity contribution in [2.45, 2.75) is 70.5 Å². The predicted molar refractivity (Wildman–Crippen MR) is 120 cm³/mol. The van der Waals surface area contributed by atoms with E-state index in [1.165, 1.54) is 24.0 Å². The van der Waals surface area contributed by atoms with E-state index in [2.05, 4.69) is 20.3 Å². The summed E-state index contributed by atoms with van der Waals surface area (Å²) in [5.74, 6) is -0.696. The molecule has 4 heterocycles. The van der Waals surface area contributed by atoms with Crippen molar-refractivity contribution < 1.29 is 32.2 Å². The zero-order valence-electron chi connectivity index (χ0n) is 20.2. The number of hydrogen-bond donors (Lipinski definition) is 1. The van der Waals surface area contributed by atoms with E-state index in [0.717, 1.165) is 6.26 Å². The minimum Gasteiger partial charge on any atom is -0.444 e. The van der Waals surface area contributed by atoms with E-state index in [1.54, 1.807) is 39.2 Å². The van der Waals surface area contributed by atoms with Crippen LogP contribution in [0.3, 0.4) is 0 Å². The lowest BCUT2D eigenvalue weighted by Crippen LogP contribution is -2.40. The molecule has 13 nitrogen and oxygen atoms in total. The van der Waals surface area contributed by atoms with Gasteiger partial charge in [-0.2, -0.15) is 0 Å². The smallest absolute Gasteiger partial charge is 0.413 e. The molecule has 2 saturated heterocycles. The second-order valence-corrected chi connectivity index (χ2v) is 11.9. The van der Waals surface area contributed by atoms with Crippen LogP contribution >= 0.6 is 0 Å². The third-order valence-corrected chi connectivity index (χ3v) is 6.66. The van der Waals surface area contributed by atoms with Crippen molar-refractivity contribution in [2.24, 2.45) is 0 Å². The average Bonchev–Trinajstić information content (AvgIpc) is 3.31. The number of anilines is 1. The fourth-order valence-electron chi connectivity index (χ4n) is 3.95. The van der Waals surface area contributed by atoms with Gasteiger partial charge in [0.1, 0.15) is 30.2 Å². The number of ether oxygens (including phenoxy) is 4. The summed E-state index contributed by atoms with van der Waals surface area (Å²) >= 11 is 0. The Labute approximate surface area is 197 Å². The zero-order valence-corrected chi connectivity index (χ0v) is 21.0. The van der Waals surface area contributed by atoms with Gasteiger partial charge in [0.05, 0.1) is 12.6 Å². The average molecular weight is 499 g/mol. The lowest BCUT2D eigenvalue weighted by Gasteiger charge is -2.26. The summed E-state index contributed by atoms with van der Waals surface area (Å²) in [6.45, 7) is 8.94. The van der Waals surface area contributed by atoms with E-state index in [4.69, 9.17) is 18.9 Å². The summed E-state index contributed by atoms with van der Waals surface area (Å²) < 4.78 is 50.5. The monoisotopic (exact) mass is 498 g/mol. The van der Waals surface area contributed by atoms with E-state index in [0.29, 0.717) is 11.2 Å². The molecule has 14 heteroatoms. The van der Waals surface area contributed by atoms with Crippen molar-refractivity contribution in [3.05, 3.63) is 12.7 Å². The Hall–Kier alpha value is -2.39. The number of sulfonamides is 1. The quantitative estimate of drug-likeness (QED) is 0.643. The number of amides is 1. The number of carbonyl (C=O) groups excluding carboxylic acids is 1. The summed E-state index contributed by atoms with van der Waals surface area (Å²) in [7, 11) is -1.94. The fourth-order valence-corrected chi connectivity index (χ4v) is 4.37. The van der Waals surface area contributed by atoms with E-state index in [-0.39, 0.29) is 12.4 Å². The number of imidazole rings is 1. The number of carbonyl (C=O) groups is 1. The van der Waals surface area contributed by atoms with Gasteiger partial charge in [0.25, 0.3) is 0 Å². The van der Waals surface area contributed by atoms with Gasteiger partial charge in [0.2, 0.25) is 10.0 Å². The van der Waals surface area contributed by atoms with Crippen LogP contribution in [0.1, 0.15) is 40.8 Å². The molecule has 2 aromatic heterocycles. The van der Waals surface area contributed by atoms with Crippen molar-refractivity contribution in [3.8, 4) is 0 Å². The minimum atomic E-state index is -3.42. The molecule has 0 unspecified atom stereocenters. The number of aromatic nitrogens is 4. The fraction of sp³-hybridized carbons (Fsp3) is 0.700. The maximum Gasteiger partial charge on any atom is 0.413 e. The van der Waals surface area contributed by atoms with Gasteiger partial charge in [-0.1, -0.05) is 0 Å². The Morgan fingerprint density at radius 3 is 2.56 bits per heavy atom. The predicted octanol–water partition coefficient (Wildman–Crippen LogP) is 1.48. The third-order valence-electron chi connectivity index (χ3n) is 5.38. The Bertz CT molecular complexity index is 1190. The first-order valence-electron chi connectivity index (χ1n) is 10.7. The highest BCUT2D eigenvalue weighted by Crippen LogP contribution is 2.44. The van der Waals surface area contributed by atoms with Gasteiger partial charge in [-0.05, 0) is 34.6 Å². The van der Waals surface area contributed by atoms with Crippen LogP contribution in [0.5, 0.6) is 0 Å².